The molecule has 4 atom stereocenters. The Balaban J connectivity index is 1.99. The SMILES string of the molecule is N#Cc1ccc(C#CCN(CC[C@H](N)C(=O)O)C[C@H]2OCC(O)[C@@H]2O)cc1. The van der Waals surface area contributed by atoms with Gasteiger partial charge in [-0.3, -0.25) is 9.69 Å². The molecular weight excluding hydrogens is 350 g/mol. The molecule has 1 unspecified atom stereocenters. The minimum absolute atomic E-state index is 0.0607. The standard InChI is InChI=1S/C19H23N3O5/c20-10-14-5-3-13(4-6-14)2-1-8-22(9-7-15(21)19(25)26)11-17-18(24)16(23)12-27-17/h3-6,15-18,23-24H,7-9,11-12,21H2,(H,25,26)/t15-,16?,17+,18-/m0/s1. The molecule has 5 N–H and O–H groups in total. The highest BCUT2D eigenvalue weighted by atomic mass is 16.5. The number of carboxylic acids is 1. The molecule has 1 aromatic carbocycles. The maximum atomic E-state index is 10.9. The van der Waals surface area contributed by atoms with E-state index in [1.807, 2.05) is 11.0 Å². The zero-order valence-corrected chi connectivity index (χ0v) is 14.8. The number of nitrogens with zero attached hydrogens (tertiary/aromatic N) is 2. The maximum Gasteiger partial charge on any atom is 0.320 e. The van der Waals surface area contributed by atoms with E-state index >= 15 is 0 Å². The van der Waals surface area contributed by atoms with E-state index in [2.05, 4.69) is 11.8 Å². The van der Waals surface area contributed by atoms with E-state index < -0.39 is 30.3 Å². The minimum Gasteiger partial charge on any atom is -0.480 e. The molecule has 1 aliphatic rings. The summed E-state index contributed by atoms with van der Waals surface area (Å²) in [5, 5.41) is 37.3. The topological polar surface area (TPSA) is 140 Å². The fourth-order valence-corrected chi connectivity index (χ4v) is 2.64. The van der Waals surface area contributed by atoms with Crippen LogP contribution in [0.2, 0.25) is 0 Å². The number of rotatable bonds is 7. The van der Waals surface area contributed by atoms with Gasteiger partial charge in [-0.25, -0.2) is 0 Å². The van der Waals surface area contributed by atoms with Crippen LogP contribution in [-0.2, 0) is 9.53 Å². The van der Waals surface area contributed by atoms with Crippen molar-refractivity contribution in [1.29, 1.82) is 5.26 Å². The van der Waals surface area contributed by atoms with E-state index in [0.29, 0.717) is 25.2 Å². The molecule has 1 saturated heterocycles. The Bertz CT molecular complexity index is 734. The molecule has 0 saturated carbocycles. The summed E-state index contributed by atoms with van der Waals surface area (Å²) >= 11 is 0. The zero-order chi connectivity index (χ0) is 19.8. The second kappa shape index (κ2) is 10.0. The molecule has 0 radical (unpaired) electrons. The highest BCUT2D eigenvalue weighted by molar-refractivity contribution is 5.72. The van der Waals surface area contributed by atoms with Gasteiger partial charge in [-0.2, -0.15) is 5.26 Å². The molecule has 144 valence electrons. The molecule has 1 aromatic rings. The largest absolute Gasteiger partial charge is 0.480 e. The summed E-state index contributed by atoms with van der Waals surface area (Å²) in [6.07, 6.45) is -2.27. The Morgan fingerprint density at radius 2 is 2.00 bits per heavy atom. The van der Waals surface area contributed by atoms with Gasteiger partial charge < -0.3 is 25.8 Å². The van der Waals surface area contributed by atoms with Crippen molar-refractivity contribution >= 4 is 5.97 Å². The van der Waals surface area contributed by atoms with Gasteiger partial charge in [0, 0.05) is 18.7 Å². The summed E-state index contributed by atoms with van der Waals surface area (Å²) in [4.78, 5) is 12.7. The molecule has 1 aliphatic heterocycles. The smallest absolute Gasteiger partial charge is 0.320 e. The van der Waals surface area contributed by atoms with E-state index in [9.17, 15) is 15.0 Å². The van der Waals surface area contributed by atoms with Crippen LogP contribution >= 0.6 is 0 Å². The Labute approximate surface area is 157 Å². The monoisotopic (exact) mass is 373 g/mol. The summed E-state index contributed by atoms with van der Waals surface area (Å²) in [7, 11) is 0. The number of hydrogen-bond donors (Lipinski definition) is 4. The Kier molecular flexibility index (Phi) is 7.74. The maximum absolute atomic E-state index is 10.9. The molecule has 1 heterocycles. The highest BCUT2D eigenvalue weighted by Crippen LogP contribution is 2.15. The van der Waals surface area contributed by atoms with Gasteiger partial charge in [-0.1, -0.05) is 11.8 Å². The third kappa shape index (κ3) is 6.33. The van der Waals surface area contributed by atoms with Gasteiger partial charge >= 0.3 is 5.97 Å². The number of benzene rings is 1. The van der Waals surface area contributed by atoms with Crippen LogP contribution in [0.5, 0.6) is 0 Å². The van der Waals surface area contributed by atoms with Crippen molar-refractivity contribution in [2.45, 2.75) is 30.8 Å². The second-order valence-electron chi connectivity index (χ2n) is 6.39. The zero-order valence-electron chi connectivity index (χ0n) is 14.8. The first kappa shape index (κ1) is 20.8. The molecule has 2 rings (SSSR count). The molecule has 0 aromatic heterocycles. The number of nitriles is 1. The lowest BCUT2D eigenvalue weighted by Gasteiger charge is -2.25. The molecule has 27 heavy (non-hydrogen) atoms. The molecule has 0 bridgehead atoms. The number of hydrogen-bond acceptors (Lipinski definition) is 7. The lowest BCUT2D eigenvalue weighted by Crippen LogP contribution is -2.42. The van der Waals surface area contributed by atoms with E-state index in [1.54, 1.807) is 24.3 Å². The number of nitrogens with two attached hydrogens (primary N) is 1. The van der Waals surface area contributed by atoms with Gasteiger partial charge in [0.1, 0.15) is 18.2 Å². The predicted molar refractivity (Wildman–Crippen MR) is 96.5 cm³/mol. The average Bonchev–Trinajstić information content (AvgIpc) is 2.98. The lowest BCUT2D eigenvalue weighted by atomic mass is 10.1. The van der Waals surface area contributed by atoms with Gasteiger partial charge in [-0.05, 0) is 30.7 Å². The summed E-state index contributed by atoms with van der Waals surface area (Å²) < 4.78 is 5.38. The number of carbonyl (C=O) groups is 1. The van der Waals surface area contributed by atoms with Crippen molar-refractivity contribution in [2.75, 3.05) is 26.2 Å². The highest BCUT2D eigenvalue weighted by Gasteiger charge is 2.35. The van der Waals surface area contributed by atoms with Gasteiger partial charge in [0.15, 0.2) is 0 Å². The average molecular weight is 373 g/mol. The van der Waals surface area contributed by atoms with Gasteiger partial charge in [0.2, 0.25) is 0 Å². The molecular formula is C19H23N3O5. The van der Waals surface area contributed by atoms with Crippen LogP contribution < -0.4 is 5.73 Å². The van der Waals surface area contributed by atoms with Gasteiger partial charge in [0.25, 0.3) is 0 Å². The number of aliphatic hydroxyl groups excluding tert-OH is 2. The lowest BCUT2D eigenvalue weighted by molar-refractivity contribution is -0.138. The van der Waals surface area contributed by atoms with Crippen molar-refractivity contribution < 1.29 is 24.9 Å². The van der Waals surface area contributed by atoms with Crippen LogP contribution in [0, 0.1) is 23.2 Å². The fraction of sp³-hybridized carbons (Fsp3) is 0.474. The Morgan fingerprint density at radius 3 is 2.56 bits per heavy atom. The number of aliphatic carboxylic acids is 1. The summed E-state index contributed by atoms with van der Waals surface area (Å²) in [5.74, 6) is 4.90. The van der Waals surface area contributed by atoms with Crippen LogP contribution in [-0.4, -0.2) is 76.8 Å². The van der Waals surface area contributed by atoms with Gasteiger partial charge in [0.05, 0.1) is 30.9 Å². The van der Waals surface area contributed by atoms with Crippen LogP contribution in [0.1, 0.15) is 17.5 Å². The predicted octanol–water partition coefficient (Wildman–Crippen LogP) is -0.866. The molecule has 0 spiro atoms. The minimum atomic E-state index is -1.08. The first-order valence-corrected chi connectivity index (χ1v) is 8.58. The number of ether oxygens (including phenoxy) is 1. The third-order valence-electron chi connectivity index (χ3n) is 4.32. The van der Waals surface area contributed by atoms with Crippen molar-refractivity contribution in [3.8, 4) is 17.9 Å². The van der Waals surface area contributed by atoms with Gasteiger partial charge in [-0.15, -0.1) is 0 Å². The van der Waals surface area contributed by atoms with Crippen LogP contribution in [0.3, 0.4) is 0 Å². The van der Waals surface area contributed by atoms with Crippen molar-refractivity contribution in [3.05, 3.63) is 35.4 Å². The Hall–Kier alpha value is -2.46. The Morgan fingerprint density at radius 1 is 1.33 bits per heavy atom. The normalized spacial score (nSPS) is 22.7. The van der Waals surface area contributed by atoms with Crippen LogP contribution in [0.15, 0.2) is 24.3 Å². The number of aliphatic hydroxyl groups is 2. The van der Waals surface area contributed by atoms with Crippen molar-refractivity contribution in [2.24, 2.45) is 5.73 Å². The fourth-order valence-electron chi connectivity index (χ4n) is 2.64. The van der Waals surface area contributed by atoms with Crippen LogP contribution in [0.25, 0.3) is 0 Å². The first-order chi connectivity index (χ1) is 12.9. The molecule has 1 fully saturated rings. The number of carboxylic acid groups (broad SMARTS) is 1. The van der Waals surface area contributed by atoms with Crippen molar-refractivity contribution in [1.82, 2.24) is 4.90 Å². The quantitative estimate of drug-likeness (QED) is 0.453. The van der Waals surface area contributed by atoms with E-state index in [0.717, 1.165) is 5.56 Å². The summed E-state index contributed by atoms with van der Waals surface area (Å²) in [6.45, 7) is 1.03. The summed E-state index contributed by atoms with van der Waals surface area (Å²) in [6, 6.07) is 7.90. The molecule has 0 aliphatic carbocycles. The molecule has 8 heteroatoms. The van der Waals surface area contributed by atoms with Crippen LogP contribution in [0.4, 0.5) is 0 Å². The molecule has 0 amide bonds. The third-order valence-corrected chi connectivity index (χ3v) is 4.32. The van der Waals surface area contributed by atoms with Crippen molar-refractivity contribution in [3.63, 3.8) is 0 Å². The summed E-state index contributed by atoms with van der Waals surface area (Å²) in [5.41, 5.74) is 6.87. The van der Waals surface area contributed by atoms with E-state index in [4.69, 9.17) is 20.8 Å². The van der Waals surface area contributed by atoms with E-state index in [-0.39, 0.29) is 13.0 Å². The molecule has 8 nitrogen and oxygen atoms in total. The van der Waals surface area contributed by atoms with E-state index in [1.165, 1.54) is 0 Å². The second-order valence-corrected chi connectivity index (χ2v) is 6.39. The first-order valence-electron chi connectivity index (χ1n) is 8.58.